The summed E-state index contributed by atoms with van der Waals surface area (Å²) in [5.41, 5.74) is 5.90. The van der Waals surface area contributed by atoms with Crippen molar-refractivity contribution in [2.45, 2.75) is 53.0 Å². The van der Waals surface area contributed by atoms with Crippen LogP contribution in [0.15, 0.2) is 36.5 Å². The summed E-state index contributed by atoms with van der Waals surface area (Å²) in [6.45, 7) is 9.07. The van der Waals surface area contributed by atoms with Gasteiger partial charge in [-0.3, -0.25) is 0 Å². The lowest BCUT2D eigenvalue weighted by Gasteiger charge is -2.17. The average Bonchev–Trinajstić information content (AvgIpc) is 2.76. The monoisotopic (exact) mass is 255 g/mol. The van der Waals surface area contributed by atoms with Crippen LogP contribution >= 0.6 is 0 Å². The molecule has 19 heavy (non-hydrogen) atoms. The molecule has 1 heteroatoms. The van der Waals surface area contributed by atoms with Crippen molar-refractivity contribution in [3.63, 3.8) is 0 Å². The summed E-state index contributed by atoms with van der Waals surface area (Å²) in [7, 11) is 0. The Morgan fingerprint density at radius 3 is 2.37 bits per heavy atom. The molecule has 0 aliphatic rings. The topological polar surface area (TPSA) is 4.93 Å². The Morgan fingerprint density at radius 2 is 1.79 bits per heavy atom. The zero-order valence-corrected chi connectivity index (χ0v) is 12.6. The van der Waals surface area contributed by atoms with Crippen LogP contribution in [0.1, 0.15) is 55.6 Å². The Hall–Kier alpha value is -1.50. The van der Waals surface area contributed by atoms with Gasteiger partial charge in [0.1, 0.15) is 0 Å². The van der Waals surface area contributed by atoms with Gasteiger partial charge in [0.25, 0.3) is 0 Å². The Labute approximate surface area is 117 Å². The van der Waals surface area contributed by atoms with Crippen LogP contribution in [0.25, 0.3) is 0 Å². The maximum absolute atomic E-state index is 2.44. The van der Waals surface area contributed by atoms with E-state index < -0.39 is 0 Å². The maximum Gasteiger partial charge on any atom is 0.0554 e. The van der Waals surface area contributed by atoms with E-state index in [0.717, 1.165) is 6.42 Å². The van der Waals surface area contributed by atoms with Gasteiger partial charge < -0.3 is 4.57 Å². The van der Waals surface area contributed by atoms with E-state index in [1.165, 1.54) is 29.7 Å². The van der Waals surface area contributed by atoms with E-state index in [4.69, 9.17) is 0 Å². The Morgan fingerprint density at radius 1 is 1.11 bits per heavy atom. The summed E-state index contributed by atoms with van der Waals surface area (Å²) in [6, 6.07) is 11.2. The number of hydrogen-bond donors (Lipinski definition) is 0. The minimum Gasteiger partial charge on any atom is -0.344 e. The first-order chi connectivity index (χ1) is 9.19. The third-order valence-electron chi connectivity index (χ3n) is 4.09. The fraction of sp³-hybridized carbons (Fsp3) is 0.444. The third kappa shape index (κ3) is 2.75. The molecule has 0 saturated heterocycles. The standard InChI is InChI=1S/C18H25N/c1-5-10-18-15(4)19(13-16(18)6-2)14(3)17-11-8-7-9-12-17/h7-9,11-14H,5-6,10H2,1-4H3. The predicted octanol–water partition coefficient (Wildman–Crippen LogP) is 4.92. The van der Waals surface area contributed by atoms with Crippen LogP contribution < -0.4 is 0 Å². The third-order valence-corrected chi connectivity index (χ3v) is 4.09. The second-order valence-corrected chi connectivity index (χ2v) is 5.32. The van der Waals surface area contributed by atoms with Gasteiger partial charge in [-0.25, -0.2) is 0 Å². The van der Waals surface area contributed by atoms with Crippen molar-refractivity contribution in [1.29, 1.82) is 0 Å². The summed E-state index contributed by atoms with van der Waals surface area (Å²) in [5.74, 6) is 0. The Balaban J connectivity index is 2.40. The number of hydrogen-bond acceptors (Lipinski definition) is 0. The largest absolute Gasteiger partial charge is 0.344 e. The highest BCUT2D eigenvalue weighted by Crippen LogP contribution is 2.26. The summed E-state index contributed by atoms with van der Waals surface area (Å²) in [5, 5.41) is 0. The van der Waals surface area contributed by atoms with Gasteiger partial charge in [-0.1, -0.05) is 50.6 Å². The molecule has 1 aromatic heterocycles. The van der Waals surface area contributed by atoms with Crippen LogP contribution in [-0.2, 0) is 12.8 Å². The fourth-order valence-corrected chi connectivity index (χ4v) is 2.92. The number of rotatable bonds is 5. The summed E-state index contributed by atoms with van der Waals surface area (Å²) >= 11 is 0. The second kappa shape index (κ2) is 6.10. The van der Waals surface area contributed by atoms with E-state index in [2.05, 4.69) is 68.8 Å². The van der Waals surface area contributed by atoms with Crippen LogP contribution in [0.5, 0.6) is 0 Å². The lowest BCUT2D eigenvalue weighted by molar-refractivity contribution is 0.622. The molecule has 0 aliphatic heterocycles. The van der Waals surface area contributed by atoms with Crippen LogP contribution in [0, 0.1) is 6.92 Å². The molecule has 0 bridgehead atoms. The van der Waals surface area contributed by atoms with Crippen LogP contribution in [0.2, 0.25) is 0 Å². The van der Waals surface area contributed by atoms with E-state index in [0.29, 0.717) is 6.04 Å². The molecule has 2 rings (SSSR count). The normalized spacial score (nSPS) is 12.6. The Kier molecular flexibility index (Phi) is 4.47. The smallest absolute Gasteiger partial charge is 0.0554 e. The van der Waals surface area contributed by atoms with E-state index in [1.54, 1.807) is 5.56 Å². The van der Waals surface area contributed by atoms with Gasteiger partial charge in [0, 0.05) is 11.9 Å². The summed E-state index contributed by atoms with van der Waals surface area (Å²) < 4.78 is 2.44. The van der Waals surface area contributed by atoms with Gasteiger partial charge in [-0.2, -0.15) is 0 Å². The molecular formula is C18H25N. The van der Waals surface area contributed by atoms with Gasteiger partial charge in [-0.15, -0.1) is 0 Å². The average molecular weight is 255 g/mol. The Bertz CT molecular complexity index is 522. The molecule has 0 saturated carbocycles. The molecule has 0 N–H and O–H groups in total. The van der Waals surface area contributed by atoms with Gasteiger partial charge in [0.05, 0.1) is 6.04 Å². The van der Waals surface area contributed by atoms with Crippen molar-refractivity contribution in [1.82, 2.24) is 4.57 Å². The summed E-state index contributed by atoms with van der Waals surface area (Å²) in [6.07, 6.45) is 5.91. The van der Waals surface area contributed by atoms with E-state index in [-0.39, 0.29) is 0 Å². The molecule has 1 nitrogen and oxygen atoms in total. The molecule has 0 amide bonds. The molecular weight excluding hydrogens is 230 g/mol. The van der Waals surface area contributed by atoms with Gasteiger partial charge in [0.2, 0.25) is 0 Å². The number of aryl methyl sites for hydroxylation is 1. The molecule has 0 aliphatic carbocycles. The van der Waals surface area contributed by atoms with Crippen molar-refractivity contribution in [3.05, 3.63) is 58.9 Å². The molecule has 0 radical (unpaired) electrons. The van der Waals surface area contributed by atoms with Crippen molar-refractivity contribution < 1.29 is 0 Å². The number of nitrogens with zero attached hydrogens (tertiary/aromatic N) is 1. The zero-order valence-electron chi connectivity index (χ0n) is 12.6. The van der Waals surface area contributed by atoms with Crippen molar-refractivity contribution in [2.75, 3.05) is 0 Å². The molecule has 1 unspecified atom stereocenters. The molecule has 1 heterocycles. The van der Waals surface area contributed by atoms with Crippen LogP contribution in [-0.4, -0.2) is 4.57 Å². The molecule has 1 atom stereocenters. The summed E-state index contributed by atoms with van der Waals surface area (Å²) in [4.78, 5) is 0. The molecule has 0 fully saturated rings. The number of benzene rings is 1. The minimum atomic E-state index is 0.414. The lowest BCUT2D eigenvalue weighted by atomic mass is 10.0. The highest BCUT2D eigenvalue weighted by atomic mass is 15.0. The highest BCUT2D eigenvalue weighted by molar-refractivity contribution is 5.34. The fourth-order valence-electron chi connectivity index (χ4n) is 2.92. The molecule has 1 aromatic carbocycles. The van der Waals surface area contributed by atoms with Gasteiger partial charge >= 0.3 is 0 Å². The van der Waals surface area contributed by atoms with Crippen LogP contribution in [0.3, 0.4) is 0 Å². The molecule has 0 spiro atoms. The predicted molar refractivity (Wildman–Crippen MR) is 82.8 cm³/mol. The zero-order chi connectivity index (χ0) is 13.8. The lowest BCUT2D eigenvalue weighted by Crippen LogP contribution is -2.07. The maximum atomic E-state index is 2.44. The van der Waals surface area contributed by atoms with Crippen LogP contribution in [0.4, 0.5) is 0 Å². The molecule has 102 valence electrons. The first kappa shape index (κ1) is 13.9. The minimum absolute atomic E-state index is 0.414. The van der Waals surface area contributed by atoms with E-state index in [9.17, 15) is 0 Å². The van der Waals surface area contributed by atoms with Gasteiger partial charge in [0.15, 0.2) is 0 Å². The first-order valence-corrected chi connectivity index (χ1v) is 7.43. The number of aromatic nitrogens is 1. The van der Waals surface area contributed by atoms with E-state index in [1.807, 2.05) is 0 Å². The van der Waals surface area contributed by atoms with Crippen molar-refractivity contribution in [2.24, 2.45) is 0 Å². The first-order valence-electron chi connectivity index (χ1n) is 7.43. The van der Waals surface area contributed by atoms with E-state index >= 15 is 0 Å². The van der Waals surface area contributed by atoms with Gasteiger partial charge in [-0.05, 0) is 43.4 Å². The SMILES string of the molecule is CCCc1c(CC)cn(C(C)c2ccccc2)c1C. The van der Waals surface area contributed by atoms with Crippen molar-refractivity contribution >= 4 is 0 Å². The second-order valence-electron chi connectivity index (χ2n) is 5.32. The highest BCUT2D eigenvalue weighted by Gasteiger charge is 2.15. The van der Waals surface area contributed by atoms with Crippen molar-refractivity contribution in [3.8, 4) is 0 Å². The molecule has 2 aromatic rings. The quantitative estimate of drug-likeness (QED) is 0.714.